The molecular weight excluding hydrogens is 344 g/mol. The van der Waals surface area contributed by atoms with Crippen molar-refractivity contribution in [3.8, 4) is 5.75 Å². The zero-order valence-electron chi connectivity index (χ0n) is 14.5. The Morgan fingerprint density at radius 2 is 2.07 bits per heavy atom. The van der Waals surface area contributed by atoms with Crippen LogP contribution in [0, 0.1) is 0 Å². The number of fused-ring (bicyclic) bond motifs is 2. The van der Waals surface area contributed by atoms with E-state index in [2.05, 4.69) is 20.9 Å². The van der Waals surface area contributed by atoms with Gasteiger partial charge in [0.05, 0.1) is 11.2 Å². The van der Waals surface area contributed by atoms with Gasteiger partial charge in [0.2, 0.25) is 0 Å². The average molecular weight is 362 g/mol. The number of carbonyl (C=O) groups is 2. The average Bonchev–Trinajstić information content (AvgIpc) is 2.68. The van der Waals surface area contributed by atoms with Gasteiger partial charge < -0.3 is 20.7 Å². The fraction of sp³-hybridized carbons (Fsp3) is 0.150. The smallest absolute Gasteiger partial charge is 0.319 e. The Bertz CT molecular complexity index is 1010. The molecular formula is C20H18N4O3. The van der Waals surface area contributed by atoms with E-state index in [1.165, 1.54) is 0 Å². The zero-order chi connectivity index (χ0) is 18.6. The normalized spacial score (nSPS) is 12.7. The van der Waals surface area contributed by atoms with Crippen molar-refractivity contribution in [2.24, 2.45) is 0 Å². The predicted octanol–water partition coefficient (Wildman–Crippen LogP) is 2.93. The molecule has 1 aliphatic heterocycles. The van der Waals surface area contributed by atoms with E-state index >= 15 is 0 Å². The zero-order valence-corrected chi connectivity index (χ0v) is 14.5. The van der Waals surface area contributed by atoms with Crippen molar-refractivity contribution in [1.82, 2.24) is 10.3 Å². The number of amides is 3. The topological polar surface area (TPSA) is 92.3 Å². The summed E-state index contributed by atoms with van der Waals surface area (Å²) < 4.78 is 5.35. The first-order valence-electron chi connectivity index (χ1n) is 8.63. The van der Waals surface area contributed by atoms with Crippen molar-refractivity contribution in [2.75, 3.05) is 23.8 Å². The van der Waals surface area contributed by atoms with Crippen LogP contribution in [-0.2, 0) is 11.2 Å². The van der Waals surface area contributed by atoms with Crippen LogP contribution in [0.1, 0.15) is 5.56 Å². The van der Waals surface area contributed by atoms with E-state index in [9.17, 15) is 9.59 Å². The minimum Gasteiger partial charge on any atom is -0.482 e. The van der Waals surface area contributed by atoms with Crippen LogP contribution in [-0.4, -0.2) is 30.1 Å². The van der Waals surface area contributed by atoms with Crippen molar-refractivity contribution in [1.29, 1.82) is 0 Å². The van der Waals surface area contributed by atoms with Crippen LogP contribution < -0.4 is 20.7 Å². The Kier molecular flexibility index (Phi) is 4.57. The number of rotatable bonds is 4. The van der Waals surface area contributed by atoms with Gasteiger partial charge in [-0.05, 0) is 30.2 Å². The van der Waals surface area contributed by atoms with E-state index < -0.39 is 0 Å². The van der Waals surface area contributed by atoms with Gasteiger partial charge in [-0.15, -0.1) is 0 Å². The number of aromatic nitrogens is 1. The molecule has 0 fully saturated rings. The monoisotopic (exact) mass is 362 g/mol. The first-order valence-corrected chi connectivity index (χ1v) is 8.63. The van der Waals surface area contributed by atoms with Crippen LogP contribution in [0.15, 0.2) is 54.7 Å². The third-order valence-electron chi connectivity index (χ3n) is 4.27. The second kappa shape index (κ2) is 7.33. The molecule has 3 amide bonds. The van der Waals surface area contributed by atoms with Gasteiger partial charge in [0, 0.05) is 29.9 Å². The number of ether oxygens (including phenoxy) is 1. The highest BCUT2D eigenvalue weighted by Crippen LogP contribution is 2.30. The molecule has 0 aliphatic carbocycles. The summed E-state index contributed by atoms with van der Waals surface area (Å²) in [6.07, 6.45) is 2.45. The van der Waals surface area contributed by atoms with E-state index in [-0.39, 0.29) is 18.5 Å². The number of urea groups is 1. The summed E-state index contributed by atoms with van der Waals surface area (Å²) in [6.45, 7) is 0.459. The molecule has 2 heterocycles. The lowest BCUT2D eigenvalue weighted by Crippen LogP contribution is -2.30. The molecule has 0 atom stereocenters. The Morgan fingerprint density at radius 1 is 1.19 bits per heavy atom. The minimum absolute atomic E-state index is 0.0261. The lowest BCUT2D eigenvalue weighted by Gasteiger charge is -2.18. The highest BCUT2D eigenvalue weighted by molar-refractivity contribution is 5.96. The number of anilines is 2. The summed E-state index contributed by atoms with van der Waals surface area (Å²) in [5.41, 5.74) is 3.23. The van der Waals surface area contributed by atoms with Crippen LogP contribution >= 0.6 is 0 Å². The standard InChI is InChI=1S/C20H18N4O3/c25-18-12-27-17-11-15(6-7-16(17)24-18)23-20(26)22-10-8-14-4-1-3-13-5-2-9-21-19(13)14/h1-7,9,11H,8,10,12H2,(H,24,25)(H2,22,23,26). The van der Waals surface area contributed by atoms with Gasteiger partial charge in [0.1, 0.15) is 5.75 Å². The molecule has 4 rings (SSSR count). The van der Waals surface area contributed by atoms with Gasteiger partial charge in [0.15, 0.2) is 6.61 Å². The second-order valence-electron chi connectivity index (χ2n) is 6.17. The highest BCUT2D eigenvalue weighted by atomic mass is 16.5. The first kappa shape index (κ1) is 16.8. The highest BCUT2D eigenvalue weighted by Gasteiger charge is 2.16. The van der Waals surface area contributed by atoms with Crippen LogP contribution in [0.25, 0.3) is 10.9 Å². The molecule has 7 nitrogen and oxygen atoms in total. The van der Waals surface area contributed by atoms with E-state index in [1.54, 1.807) is 24.4 Å². The number of carbonyl (C=O) groups excluding carboxylic acids is 2. The van der Waals surface area contributed by atoms with Crippen LogP contribution in [0.3, 0.4) is 0 Å². The summed E-state index contributed by atoms with van der Waals surface area (Å²) in [4.78, 5) is 27.8. The molecule has 0 unspecified atom stereocenters. The second-order valence-corrected chi connectivity index (χ2v) is 6.17. The molecule has 3 N–H and O–H groups in total. The van der Waals surface area contributed by atoms with E-state index in [4.69, 9.17) is 4.74 Å². The molecule has 1 aliphatic rings. The molecule has 3 aromatic rings. The van der Waals surface area contributed by atoms with Gasteiger partial charge in [-0.2, -0.15) is 0 Å². The SMILES string of the molecule is O=C1COc2cc(NC(=O)NCCc3cccc4cccnc34)ccc2N1. The van der Waals surface area contributed by atoms with Crippen LogP contribution in [0.4, 0.5) is 16.2 Å². The molecule has 0 saturated carbocycles. The predicted molar refractivity (Wildman–Crippen MR) is 103 cm³/mol. The Hall–Kier alpha value is -3.61. The lowest BCUT2D eigenvalue weighted by atomic mass is 10.1. The Balaban J connectivity index is 1.34. The van der Waals surface area contributed by atoms with Gasteiger partial charge >= 0.3 is 6.03 Å². The van der Waals surface area contributed by atoms with Crippen LogP contribution in [0.2, 0.25) is 0 Å². The summed E-state index contributed by atoms with van der Waals surface area (Å²) in [5, 5.41) is 9.40. The Morgan fingerprint density at radius 3 is 3.00 bits per heavy atom. The number of pyridine rings is 1. The fourth-order valence-corrected chi connectivity index (χ4v) is 3.01. The summed E-state index contributed by atoms with van der Waals surface area (Å²) in [7, 11) is 0. The maximum absolute atomic E-state index is 12.1. The van der Waals surface area contributed by atoms with E-state index in [0.29, 0.717) is 30.1 Å². The van der Waals surface area contributed by atoms with Crippen molar-refractivity contribution in [3.05, 3.63) is 60.3 Å². The maximum Gasteiger partial charge on any atom is 0.319 e. The quantitative estimate of drug-likeness (QED) is 0.665. The molecule has 136 valence electrons. The third-order valence-corrected chi connectivity index (χ3v) is 4.27. The third kappa shape index (κ3) is 3.82. The summed E-state index contributed by atoms with van der Waals surface area (Å²) in [5.74, 6) is 0.345. The van der Waals surface area contributed by atoms with Gasteiger partial charge in [0.25, 0.3) is 5.91 Å². The number of nitrogens with zero attached hydrogens (tertiary/aromatic N) is 1. The van der Waals surface area contributed by atoms with Gasteiger partial charge in [-0.25, -0.2) is 4.79 Å². The van der Waals surface area contributed by atoms with Crippen LogP contribution in [0.5, 0.6) is 5.75 Å². The first-order chi connectivity index (χ1) is 13.2. The van der Waals surface area contributed by atoms with E-state index in [1.807, 2.05) is 30.3 Å². The molecule has 7 heteroatoms. The Labute approximate surface area is 155 Å². The van der Waals surface area contributed by atoms with Gasteiger partial charge in [-0.1, -0.05) is 24.3 Å². The molecule has 27 heavy (non-hydrogen) atoms. The fourth-order valence-electron chi connectivity index (χ4n) is 3.01. The number of hydrogen-bond donors (Lipinski definition) is 3. The number of hydrogen-bond acceptors (Lipinski definition) is 4. The number of benzene rings is 2. The number of nitrogens with one attached hydrogen (secondary N) is 3. The molecule has 0 radical (unpaired) electrons. The van der Waals surface area contributed by atoms with Crippen molar-refractivity contribution < 1.29 is 14.3 Å². The lowest BCUT2D eigenvalue weighted by molar-refractivity contribution is -0.118. The molecule has 0 bridgehead atoms. The van der Waals surface area contributed by atoms with Crippen molar-refractivity contribution in [3.63, 3.8) is 0 Å². The summed E-state index contributed by atoms with van der Waals surface area (Å²) in [6, 6.07) is 14.7. The van der Waals surface area contributed by atoms with E-state index in [0.717, 1.165) is 16.5 Å². The molecule has 2 aromatic carbocycles. The summed E-state index contributed by atoms with van der Waals surface area (Å²) >= 11 is 0. The van der Waals surface area contributed by atoms with Crippen molar-refractivity contribution in [2.45, 2.75) is 6.42 Å². The maximum atomic E-state index is 12.1. The molecule has 0 spiro atoms. The largest absolute Gasteiger partial charge is 0.482 e. The van der Waals surface area contributed by atoms with Gasteiger partial charge in [-0.3, -0.25) is 9.78 Å². The van der Waals surface area contributed by atoms with Crippen molar-refractivity contribution >= 4 is 34.2 Å². The minimum atomic E-state index is -0.303. The number of para-hydroxylation sites is 1. The molecule has 0 saturated heterocycles. The molecule has 1 aromatic heterocycles.